The SMILES string of the molecule is O=C([O-])C1=CC(CP(=O)([O-])O)CCC1.[Na+].[Na+]. The number of carbonyl (C=O) groups excluding carboxylic acids is 1. The molecule has 0 aromatic heterocycles. The van der Waals surface area contributed by atoms with Crippen molar-refractivity contribution in [3.63, 3.8) is 0 Å². The van der Waals surface area contributed by atoms with Gasteiger partial charge < -0.3 is 24.3 Å². The van der Waals surface area contributed by atoms with Crippen molar-refractivity contribution in [3.8, 4) is 0 Å². The summed E-state index contributed by atoms with van der Waals surface area (Å²) >= 11 is 0. The number of carboxylic acids is 1. The zero-order valence-corrected chi connectivity index (χ0v) is 14.4. The number of carbonyl (C=O) groups is 1. The summed E-state index contributed by atoms with van der Waals surface area (Å²) in [6, 6.07) is 0. The molecule has 16 heavy (non-hydrogen) atoms. The molecule has 0 saturated heterocycles. The Balaban J connectivity index is 0. The van der Waals surface area contributed by atoms with Crippen LogP contribution in [0.15, 0.2) is 11.6 Å². The minimum atomic E-state index is -4.30. The molecule has 0 aliphatic heterocycles. The number of rotatable bonds is 3. The zero-order valence-electron chi connectivity index (χ0n) is 9.51. The molecule has 0 radical (unpaired) electrons. The predicted octanol–water partition coefficient (Wildman–Crippen LogP) is -6.98. The molecule has 0 fully saturated rings. The molecule has 2 atom stereocenters. The van der Waals surface area contributed by atoms with E-state index in [4.69, 9.17) is 4.89 Å². The monoisotopic (exact) mass is 264 g/mol. The summed E-state index contributed by atoms with van der Waals surface area (Å²) in [4.78, 5) is 29.6. The quantitative estimate of drug-likeness (QED) is 0.403. The molecule has 8 heteroatoms. The topological polar surface area (TPSA) is 100 Å². The third-order valence-corrected chi connectivity index (χ3v) is 3.12. The van der Waals surface area contributed by atoms with Crippen LogP contribution >= 0.6 is 7.60 Å². The second kappa shape index (κ2) is 8.46. The van der Waals surface area contributed by atoms with E-state index >= 15 is 0 Å². The van der Waals surface area contributed by atoms with Crippen LogP contribution in [0.2, 0.25) is 0 Å². The number of aliphatic carboxylic acids is 1. The molecule has 0 spiro atoms. The van der Waals surface area contributed by atoms with Gasteiger partial charge in [-0.05, 0) is 30.8 Å². The Kier molecular flexibility index (Phi) is 10.4. The molecule has 1 aliphatic carbocycles. The molecular weight excluding hydrogens is 253 g/mol. The standard InChI is InChI=1S/C8H13O5P.2Na/c9-8(10)7-3-1-2-6(4-7)5-14(11,12)13;;/h4,6H,1-3,5H2,(H,9,10)(H2,11,12,13);;/q;2*+1/p-2. The zero-order chi connectivity index (χ0) is 10.8. The van der Waals surface area contributed by atoms with Gasteiger partial charge in [0.2, 0.25) is 0 Å². The maximum atomic E-state index is 10.6. The molecule has 1 rings (SSSR count). The van der Waals surface area contributed by atoms with Crippen LogP contribution in [0.3, 0.4) is 0 Å². The van der Waals surface area contributed by atoms with Gasteiger partial charge in [-0.25, -0.2) is 0 Å². The fourth-order valence-electron chi connectivity index (χ4n) is 1.62. The van der Waals surface area contributed by atoms with Crippen LogP contribution in [0.5, 0.6) is 0 Å². The predicted molar refractivity (Wildman–Crippen MR) is 45.1 cm³/mol. The summed E-state index contributed by atoms with van der Waals surface area (Å²) in [6.07, 6.45) is 2.60. The van der Waals surface area contributed by atoms with Gasteiger partial charge in [0, 0.05) is 6.16 Å². The molecule has 5 nitrogen and oxygen atoms in total. The smallest absolute Gasteiger partial charge is 0.779 e. The molecule has 0 amide bonds. The molecule has 1 aliphatic rings. The Morgan fingerprint density at radius 1 is 1.56 bits per heavy atom. The molecule has 0 bridgehead atoms. The van der Waals surface area contributed by atoms with Gasteiger partial charge in [-0.1, -0.05) is 6.08 Å². The number of allylic oxidation sites excluding steroid dienone is 1. The molecule has 2 unspecified atom stereocenters. The van der Waals surface area contributed by atoms with Crippen molar-refractivity contribution < 1.29 is 83.4 Å². The maximum absolute atomic E-state index is 10.6. The van der Waals surface area contributed by atoms with Crippen LogP contribution in [0.1, 0.15) is 19.3 Å². The van der Waals surface area contributed by atoms with Crippen LogP contribution in [-0.2, 0) is 9.36 Å². The fraction of sp³-hybridized carbons (Fsp3) is 0.625. The van der Waals surface area contributed by atoms with Gasteiger partial charge >= 0.3 is 59.1 Å². The Labute approximate surface area is 138 Å². The van der Waals surface area contributed by atoms with Gasteiger partial charge in [-0.3, -0.25) is 0 Å². The van der Waals surface area contributed by atoms with E-state index < -0.39 is 19.5 Å². The first kappa shape index (κ1) is 19.7. The molecule has 0 saturated carbocycles. The van der Waals surface area contributed by atoms with Crippen molar-refractivity contribution in [1.29, 1.82) is 0 Å². The average Bonchev–Trinajstić information content (AvgIpc) is 2.01. The minimum absolute atomic E-state index is 0. The van der Waals surface area contributed by atoms with Gasteiger partial charge in [0.25, 0.3) is 0 Å². The van der Waals surface area contributed by atoms with E-state index in [0.717, 1.165) is 0 Å². The normalized spacial score (nSPS) is 23.1. The van der Waals surface area contributed by atoms with Crippen LogP contribution < -0.4 is 69.1 Å². The summed E-state index contributed by atoms with van der Waals surface area (Å²) in [5.74, 6) is -1.65. The summed E-state index contributed by atoms with van der Waals surface area (Å²) < 4.78 is 10.6. The molecule has 0 aromatic carbocycles. The molecule has 1 N–H and O–H groups in total. The third kappa shape index (κ3) is 7.64. The first-order valence-electron chi connectivity index (χ1n) is 4.33. The molecule has 0 heterocycles. The number of hydrogen-bond acceptors (Lipinski definition) is 4. The Morgan fingerprint density at radius 3 is 2.56 bits per heavy atom. The van der Waals surface area contributed by atoms with Crippen LogP contribution in [0.4, 0.5) is 0 Å². The first-order chi connectivity index (χ1) is 6.38. The fourth-order valence-corrected chi connectivity index (χ4v) is 2.50. The second-order valence-corrected chi connectivity index (χ2v) is 5.09. The van der Waals surface area contributed by atoms with E-state index in [9.17, 15) is 19.4 Å². The molecular formula is C8H11Na2O5P. The van der Waals surface area contributed by atoms with E-state index in [1.165, 1.54) is 6.08 Å². The summed E-state index contributed by atoms with van der Waals surface area (Å²) in [7, 11) is -4.30. The van der Waals surface area contributed by atoms with Crippen molar-refractivity contribution >= 4 is 13.6 Å². The second-order valence-electron chi connectivity index (χ2n) is 3.45. The minimum Gasteiger partial charge on any atom is -0.779 e. The van der Waals surface area contributed by atoms with E-state index in [1.54, 1.807) is 0 Å². The van der Waals surface area contributed by atoms with Crippen molar-refractivity contribution in [2.45, 2.75) is 19.3 Å². The van der Waals surface area contributed by atoms with Gasteiger partial charge in [0.15, 0.2) is 0 Å². The van der Waals surface area contributed by atoms with Gasteiger partial charge in [-0.2, -0.15) is 0 Å². The van der Waals surface area contributed by atoms with E-state index in [1.807, 2.05) is 0 Å². The van der Waals surface area contributed by atoms with Crippen LogP contribution in [0.25, 0.3) is 0 Å². The maximum Gasteiger partial charge on any atom is 1.00 e. The van der Waals surface area contributed by atoms with Gasteiger partial charge in [0.05, 0.1) is 5.97 Å². The Morgan fingerprint density at radius 2 is 2.12 bits per heavy atom. The van der Waals surface area contributed by atoms with Crippen molar-refractivity contribution in [3.05, 3.63) is 11.6 Å². The van der Waals surface area contributed by atoms with Gasteiger partial charge in [-0.15, -0.1) is 0 Å². The number of hydrogen-bond donors (Lipinski definition) is 1. The van der Waals surface area contributed by atoms with Crippen molar-refractivity contribution in [2.75, 3.05) is 6.16 Å². The Bertz CT molecular complexity index is 312. The first-order valence-corrected chi connectivity index (χ1v) is 6.09. The Hall–Kier alpha value is 1.36. The third-order valence-electron chi connectivity index (χ3n) is 2.19. The summed E-state index contributed by atoms with van der Waals surface area (Å²) in [6.45, 7) is 0. The van der Waals surface area contributed by atoms with E-state index in [2.05, 4.69) is 0 Å². The van der Waals surface area contributed by atoms with Crippen LogP contribution in [-0.4, -0.2) is 17.0 Å². The average molecular weight is 264 g/mol. The largest absolute Gasteiger partial charge is 1.00 e. The van der Waals surface area contributed by atoms with Crippen molar-refractivity contribution in [2.24, 2.45) is 5.92 Å². The van der Waals surface area contributed by atoms with E-state index in [-0.39, 0.29) is 70.8 Å². The summed E-state index contributed by atoms with van der Waals surface area (Å²) in [5, 5.41) is 10.5. The summed E-state index contributed by atoms with van der Waals surface area (Å²) in [5.41, 5.74) is 0.134. The molecule has 0 aromatic rings. The number of carboxylic acid groups (broad SMARTS) is 1. The van der Waals surface area contributed by atoms with Gasteiger partial charge in [0.1, 0.15) is 7.60 Å². The van der Waals surface area contributed by atoms with Crippen LogP contribution in [0, 0.1) is 5.92 Å². The molecule has 80 valence electrons. The van der Waals surface area contributed by atoms with E-state index in [0.29, 0.717) is 19.3 Å². The van der Waals surface area contributed by atoms with Crippen molar-refractivity contribution in [1.82, 2.24) is 0 Å².